The first-order valence-electron chi connectivity index (χ1n) is 6.42. The summed E-state index contributed by atoms with van der Waals surface area (Å²) in [4.78, 5) is 22.9. The van der Waals surface area contributed by atoms with E-state index < -0.39 is 16.1 Å². The second-order valence-electron chi connectivity index (χ2n) is 7.06. The molecule has 0 bridgehead atoms. The van der Waals surface area contributed by atoms with Crippen LogP contribution in [0.3, 0.4) is 0 Å². The predicted molar refractivity (Wildman–Crippen MR) is 80.1 cm³/mol. The fraction of sp³-hybridized carbons (Fsp3) is 0.833. The number of hydrogen-bond donors (Lipinski definition) is 1. The number of amides is 1. The number of esters is 1. The zero-order valence-electron chi connectivity index (χ0n) is 12.6. The fourth-order valence-electron chi connectivity index (χ4n) is 1.22. The predicted octanol–water partition coefficient (Wildman–Crippen LogP) is 2.25. The summed E-state index contributed by atoms with van der Waals surface area (Å²) in [5.41, 5.74) is 0. The average Bonchev–Trinajstić information content (AvgIpc) is 2.10. The molecule has 0 saturated heterocycles. The van der Waals surface area contributed by atoms with Crippen molar-refractivity contribution < 1.29 is 14.3 Å². The zero-order chi connectivity index (χ0) is 14.4. The molecule has 106 valence electrons. The van der Waals surface area contributed by atoms with Gasteiger partial charge in [0.1, 0.15) is 0 Å². The van der Waals surface area contributed by atoms with E-state index in [4.69, 9.17) is 4.74 Å². The van der Waals surface area contributed by atoms with Crippen LogP contribution in [0.2, 0.25) is 45.3 Å². The van der Waals surface area contributed by atoms with Crippen LogP contribution in [0.15, 0.2) is 0 Å². The topological polar surface area (TPSA) is 55.4 Å². The lowest BCUT2D eigenvalue weighted by atomic mass is 10.4. The summed E-state index contributed by atoms with van der Waals surface area (Å²) in [6, 6.07) is 0.608. The van der Waals surface area contributed by atoms with Crippen molar-refractivity contribution in [2.75, 3.05) is 12.8 Å². The summed E-state index contributed by atoms with van der Waals surface area (Å²) in [6.45, 7) is 13.3. The maximum Gasteiger partial charge on any atom is 0.307 e. The average molecular weight is 290 g/mol. The second-order valence-corrected chi connectivity index (χ2v) is 17.9. The van der Waals surface area contributed by atoms with Gasteiger partial charge in [0.25, 0.3) is 0 Å². The van der Waals surface area contributed by atoms with Crippen molar-refractivity contribution in [1.82, 2.24) is 5.32 Å². The maximum atomic E-state index is 11.5. The van der Waals surface area contributed by atoms with Crippen LogP contribution < -0.4 is 5.32 Å². The van der Waals surface area contributed by atoms with Crippen LogP contribution in [0.5, 0.6) is 0 Å². The highest BCUT2D eigenvalue weighted by Crippen LogP contribution is 2.07. The largest absolute Gasteiger partial charge is 0.469 e. The Balaban J connectivity index is 3.72. The third-order valence-electron chi connectivity index (χ3n) is 2.01. The van der Waals surface area contributed by atoms with Gasteiger partial charge in [-0.25, -0.2) is 0 Å². The smallest absolute Gasteiger partial charge is 0.307 e. The molecule has 0 aromatic rings. The lowest BCUT2D eigenvalue weighted by Crippen LogP contribution is -2.34. The van der Waals surface area contributed by atoms with Gasteiger partial charge < -0.3 is 10.1 Å². The Morgan fingerprint density at radius 3 is 2.00 bits per heavy atom. The molecule has 0 spiro atoms. The Morgan fingerprint density at radius 2 is 1.56 bits per heavy atom. The molecule has 0 radical (unpaired) electrons. The van der Waals surface area contributed by atoms with E-state index in [9.17, 15) is 9.59 Å². The molecule has 18 heavy (non-hydrogen) atoms. The molecular weight excluding hydrogens is 262 g/mol. The van der Waals surface area contributed by atoms with Crippen LogP contribution in [-0.2, 0) is 14.3 Å². The van der Waals surface area contributed by atoms with Gasteiger partial charge in [0.2, 0.25) is 5.91 Å². The van der Waals surface area contributed by atoms with Gasteiger partial charge in [-0.05, 0) is 0 Å². The van der Waals surface area contributed by atoms with Crippen molar-refractivity contribution in [2.24, 2.45) is 0 Å². The van der Waals surface area contributed by atoms with Gasteiger partial charge >= 0.3 is 5.97 Å². The zero-order valence-corrected chi connectivity index (χ0v) is 14.6. The number of rotatable bonds is 7. The normalized spacial score (nSPS) is 12.1. The van der Waals surface area contributed by atoms with Gasteiger partial charge in [0, 0.05) is 12.6 Å². The molecule has 0 unspecified atom stereocenters. The molecule has 1 amide bonds. The van der Waals surface area contributed by atoms with Crippen LogP contribution >= 0.6 is 0 Å². The molecule has 0 heterocycles. The van der Waals surface area contributed by atoms with Gasteiger partial charge in [-0.15, -0.1) is 0 Å². The van der Waals surface area contributed by atoms with Gasteiger partial charge in [0.05, 0.1) is 28.8 Å². The van der Waals surface area contributed by atoms with E-state index in [1.54, 1.807) is 0 Å². The Kier molecular flexibility index (Phi) is 6.84. The van der Waals surface area contributed by atoms with Crippen LogP contribution in [0.4, 0.5) is 0 Å². The standard InChI is InChI=1S/C12H27NO3Si2/c1-17(2,3)9-11(14)13-8-7-12(15)16-10-18(4,5)6/h7-10H2,1-6H3,(H,13,14). The monoisotopic (exact) mass is 289 g/mol. The first-order chi connectivity index (χ1) is 7.99. The van der Waals surface area contributed by atoms with Crippen LogP contribution in [0, 0.1) is 0 Å². The van der Waals surface area contributed by atoms with E-state index in [0.717, 1.165) is 0 Å². The number of carbonyl (C=O) groups is 2. The molecule has 0 rings (SSSR count). The Hall–Kier alpha value is -0.626. The Labute approximate surface area is 113 Å². The highest BCUT2D eigenvalue weighted by Gasteiger charge is 2.18. The minimum atomic E-state index is -1.36. The van der Waals surface area contributed by atoms with E-state index in [-0.39, 0.29) is 18.3 Å². The van der Waals surface area contributed by atoms with Gasteiger partial charge in [-0.1, -0.05) is 39.3 Å². The van der Waals surface area contributed by atoms with Crippen molar-refractivity contribution in [3.05, 3.63) is 0 Å². The minimum absolute atomic E-state index is 0.0483. The molecule has 1 N–H and O–H groups in total. The highest BCUT2D eigenvalue weighted by atomic mass is 28.3. The van der Waals surface area contributed by atoms with Crippen molar-refractivity contribution in [3.8, 4) is 0 Å². The first kappa shape index (κ1) is 17.4. The van der Waals surface area contributed by atoms with Crippen molar-refractivity contribution >= 4 is 28.0 Å². The molecule has 0 aromatic carbocycles. The molecule has 0 aliphatic rings. The third-order valence-corrected chi connectivity index (χ3v) is 4.40. The van der Waals surface area contributed by atoms with Gasteiger partial charge in [0.15, 0.2) is 0 Å². The maximum absolute atomic E-state index is 11.5. The molecule has 0 aliphatic carbocycles. The number of nitrogens with one attached hydrogen (secondary N) is 1. The van der Waals surface area contributed by atoms with E-state index >= 15 is 0 Å². The molecule has 6 heteroatoms. The molecule has 4 nitrogen and oxygen atoms in total. The summed E-state index contributed by atoms with van der Waals surface area (Å²) in [6.07, 6.45) is 0.816. The van der Waals surface area contributed by atoms with Gasteiger partial charge in [-0.2, -0.15) is 0 Å². The summed E-state index contributed by atoms with van der Waals surface area (Å²) in [5, 5.41) is 2.77. The Morgan fingerprint density at radius 1 is 1.00 bits per heavy atom. The van der Waals surface area contributed by atoms with Crippen molar-refractivity contribution in [2.45, 2.75) is 51.7 Å². The number of ether oxygens (including phenoxy) is 1. The lowest BCUT2D eigenvalue weighted by molar-refractivity contribution is -0.141. The Bertz CT molecular complexity index is 293. The van der Waals surface area contributed by atoms with Crippen molar-refractivity contribution in [1.29, 1.82) is 0 Å². The summed E-state index contributed by atoms with van der Waals surface area (Å²) in [5.74, 6) is -0.169. The quantitative estimate of drug-likeness (QED) is 0.578. The molecule has 0 saturated carbocycles. The first-order valence-corrected chi connectivity index (χ1v) is 13.8. The van der Waals surface area contributed by atoms with E-state index in [1.807, 2.05) is 0 Å². The third kappa shape index (κ3) is 11.8. The molecule has 0 aliphatic heterocycles. The van der Waals surface area contributed by atoms with Crippen LogP contribution in [0.1, 0.15) is 6.42 Å². The van der Waals surface area contributed by atoms with E-state index in [0.29, 0.717) is 18.8 Å². The van der Waals surface area contributed by atoms with E-state index in [2.05, 4.69) is 44.6 Å². The van der Waals surface area contributed by atoms with Crippen LogP contribution in [0.25, 0.3) is 0 Å². The summed E-state index contributed by atoms with van der Waals surface area (Å²) >= 11 is 0. The molecule has 0 fully saturated rings. The number of carbonyl (C=O) groups excluding carboxylic acids is 2. The van der Waals surface area contributed by atoms with Crippen molar-refractivity contribution in [3.63, 3.8) is 0 Å². The molecule has 0 atom stereocenters. The molecule has 0 aromatic heterocycles. The molecular formula is C12H27NO3Si2. The fourth-order valence-corrected chi connectivity index (χ4v) is 2.90. The lowest BCUT2D eigenvalue weighted by Gasteiger charge is -2.16. The SMILES string of the molecule is C[Si](C)(C)COC(=O)CCNC(=O)C[Si](C)(C)C. The number of hydrogen-bond acceptors (Lipinski definition) is 3. The second kappa shape index (κ2) is 7.08. The highest BCUT2D eigenvalue weighted by molar-refractivity contribution is 6.78. The summed E-state index contributed by atoms with van der Waals surface area (Å²) in [7, 11) is -2.70. The van der Waals surface area contributed by atoms with Crippen LogP contribution in [-0.4, -0.2) is 40.8 Å². The van der Waals surface area contributed by atoms with Gasteiger partial charge in [-0.3, -0.25) is 9.59 Å². The van der Waals surface area contributed by atoms with E-state index in [1.165, 1.54) is 0 Å². The minimum Gasteiger partial charge on any atom is -0.469 e. The summed E-state index contributed by atoms with van der Waals surface area (Å²) < 4.78 is 5.17.